The van der Waals surface area contributed by atoms with Crippen molar-refractivity contribution in [2.24, 2.45) is 5.73 Å². The highest BCUT2D eigenvalue weighted by atomic mass is 32.1. The van der Waals surface area contributed by atoms with Crippen molar-refractivity contribution in [3.63, 3.8) is 0 Å². The number of rotatable bonds is 6. The zero-order valence-corrected chi connectivity index (χ0v) is 13.0. The van der Waals surface area contributed by atoms with Crippen molar-refractivity contribution in [3.05, 3.63) is 52.2 Å². The number of nitrogens with zero attached hydrogens (tertiary/aromatic N) is 2. The van der Waals surface area contributed by atoms with Gasteiger partial charge in [0.15, 0.2) is 0 Å². The lowest BCUT2D eigenvalue weighted by atomic mass is 10.1. The van der Waals surface area contributed by atoms with Crippen LogP contribution in [0.5, 0.6) is 5.75 Å². The van der Waals surface area contributed by atoms with Crippen molar-refractivity contribution < 1.29 is 4.74 Å². The number of nitrogens with two attached hydrogens (primary N) is 1. The Balaban J connectivity index is 2.30. The minimum atomic E-state index is -0.00968. The summed E-state index contributed by atoms with van der Waals surface area (Å²) in [4.78, 5) is 12.4. The summed E-state index contributed by atoms with van der Waals surface area (Å²) >= 11 is 5.03. The van der Waals surface area contributed by atoms with Gasteiger partial charge in [-0.2, -0.15) is 0 Å². The summed E-state index contributed by atoms with van der Waals surface area (Å²) < 4.78 is 8.61. The van der Waals surface area contributed by atoms with Crippen LogP contribution in [0.3, 0.4) is 0 Å². The molecule has 0 saturated carbocycles. The van der Waals surface area contributed by atoms with Gasteiger partial charge in [-0.15, -0.1) is 0 Å². The summed E-state index contributed by atoms with van der Waals surface area (Å²) in [6.07, 6.45) is 4.53. The molecule has 112 valence electrons. The molecular formula is C15H19N3O2S. The highest BCUT2D eigenvalue weighted by molar-refractivity contribution is 7.80. The fourth-order valence-electron chi connectivity index (χ4n) is 2.23. The Bertz CT molecular complexity index is 703. The predicted molar refractivity (Wildman–Crippen MR) is 87.0 cm³/mol. The van der Waals surface area contributed by atoms with Crippen LogP contribution < -0.4 is 16.2 Å². The van der Waals surface area contributed by atoms with Gasteiger partial charge in [0.25, 0.3) is 0 Å². The SMILES string of the molecule is CCCn1ccn(Cc2ccc(OC)c(C(N)=S)c2)c1=O. The van der Waals surface area contributed by atoms with Crippen LogP contribution in [0.25, 0.3) is 0 Å². The molecule has 1 heterocycles. The van der Waals surface area contributed by atoms with Gasteiger partial charge >= 0.3 is 5.69 Å². The zero-order chi connectivity index (χ0) is 15.4. The molecule has 0 aliphatic rings. The maximum Gasteiger partial charge on any atom is 0.328 e. The summed E-state index contributed by atoms with van der Waals surface area (Å²) in [5.74, 6) is 0.641. The first-order chi connectivity index (χ1) is 10.1. The van der Waals surface area contributed by atoms with E-state index in [1.54, 1.807) is 22.4 Å². The van der Waals surface area contributed by atoms with Crippen molar-refractivity contribution >= 4 is 17.2 Å². The van der Waals surface area contributed by atoms with E-state index in [9.17, 15) is 4.79 Å². The second-order valence-corrected chi connectivity index (χ2v) is 5.24. The molecule has 2 N–H and O–H groups in total. The van der Waals surface area contributed by atoms with E-state index in [4.69, 9.17) is 22.7 Å². The van der Waals surface area contributed by atoms with Crippen LogP contribution in [-0.2, 0) is 13.1 Å². The number of imidazole rings is 1. The number of methoxy groups -OCH3 is 1. The normalized spacial score (nSPS) is 10.6. The number of benzene rings is 1. The minimum absolute atomic E-state index is 0.00968. The van der Waals surface area contributed by atoms with Gasteiger partial charge in [-0.05, 0) is 24.1 Å². The molecule has 5 nitrogen and oxygen atoms in total. The molecule has 0 fully saturated rings. The van der Waals surface area contributed by atoms with Gasteiger partial charge in [0.1, 0.15) is 10.7 Å². The van der Waals surface area contributed by atoms with Gasteiger partial charge < -0.3 is 10.5 Å². The summed E-state index contributed by atoms with van der Waals surface area (Å²) in [6, 6.07) is 5.59. The summed E-state index contributed by atoms with van der Waals surface area (Å²) in [7, 11) is 1.58. The van der Waals surface area contributed by atoms with Crippen LogP contribution in [0, 0.1) is 0 Å². The Hall–Kier alpha value is -2.08. The third kappa shape index (κ3) is 3.33. The van der Waals surface area contributed by atoms with Gasteiger partial charge in [-0.1, -0.05) is 25.2 Å². The molecule has 0 bridgehead atoms. The molecule has 21 heavy (non-hydrogen) atoms. The fraction of sp³-hybridized carbons (Fsp3) is 0.333. The number of aromatic nitrogens is 2. The topological polar surface area (TPSA) is 62.2 Å². The van der Waals surface area contributed by atoms with E-state index in [2.05, 4.69) is 0 Å². The second kappa shape index (κ2) is 6.58. The molecule has 0 aliphatic carbocycles. The van der Waals surface area contributed by atoms with E-state index >= 15 is 0 Å². The minimum Gasteiger partial charge on any atom is -0.496 e. The Morgan fingerprint density at radius 3 is 2.67 bits per heavy atom. The first kappa shape index (κ1) is 15.3. The molecule has 0 spiro atoms. The van der Waals surface area contributed by atoms with Crippen LogP contribution in [-0.4, -0.2) is 21.2 Å². The zero-order valence-electron chi connectivity index (χ0n) is 12.2. The smallest absolute Gasteiger partial charge is 0.328 e. The Morgan fingerprint density at radius 2 is 2.05 bits per heavy atom. The fourth-order valence-corrected chi connectivity index (χ4v) is 2.39. The maximum atomic E-state index is 12.2. The van der Waals surface area contributed by atoms with Crippen molar-refractivity contribution in [1.29, 1.82) is 0 Å². The summed E-state index contributed by atoms with van der Waals surface area (Å²) in [5, 5.41) is 0. The molecular weight excluding hydrogens is 286 g/mol. The van der Waals surface area contributed by atoms with E-state index in [1.807, 2.05) is 31.3 Å². The van der Waals surface area contributed by atoms with Crippen molar-refractivity contribution in [2.45, 2.75) is 26.4 Å². The Labute approximate surface area is 129 Å². The van der Waals surface area contributed by atoms with E-state index in [0.717, 1.165) is 18.5 Å². The molecule has 0 aliphatic heterocycles. The largest absolute Gasteiger partial charge is 0.496 e. The highest BCUT2D eigenvalue weighted by Crippen LogP contribution is 2.20. The van der Waals surface area contributed by atoms with E-state index < -0.39 is 0 Å². The average Bonchev–Trinajstić information content (AvgIpc) is 2.80. The monoisotopic (exact) mass is 305 g/mol. The molecule has 0 atom stereocenters. The van der Waals surface area contributed by atoms with Crippen molar-refractivity contribution in [3.8, 4) is 5.75 Å². The van der Waals surface area contributed by atoms with Crippen LogP contribution in [0.4, 0.5) is 0 Å². The number of hydrogen-bond donors (Lipinski definition) is 1. The van der Waals surface area contributed by atoms with Crippen LogP contribution >= 0.6 is 12.2 Å². The first-order valence-corrected chi connectivity index (χ1v) is 7.20. The maximum absolute atomic E-state index is 12.2. The third-order valence-electron chi connectivity index (χ3n) is 3.26. The molecule has 6 heteroatoms. The molecule has 1 aromatic carbocycles. The van der Waals surface area contributed by atoms with Gasteiger partial charge in [0.05, 0.1) is 19.2 Å². The lowest BCUT2D eigenvalue weighted by molar-refractivity contribution is 0.414. The molecule has 2 rings (SSSR count). The third-order valence-corrected chi connectivity index (χ3v) is 3.48. The number of hydrogen-bond acceptors (Lipinski definition) is 3. The number of aryl methyl sites for hydroxylation is 1. The van der Waals surface area contributed by atoms with Crippen LogP contribution in [0.1, 0.15) is 24.5 Å². The summed E-state index contributed by atoms with van der Waals surface area (Å²) in [5.41, 5.74) is 7.33. The quantitative estimate of drug-likeness (QED) is 0.826. The Kier molecular flexibility index (Phi) is 4.80. The molecule has 2 aromatic rings. The first-order valence-electron chi connectivity index (χ1n) is 6.79. The van der Waals surface area contributed by atoms with Crippen molar-refractivity contribution in [2.75, 3.05) is 7.11 Å². The van der Waals surface area contributed by atoms with E-state index in [-0.39, 0.29) is 10.7 Å². The highest BCUT2D eigenvalue weighted by Gasteiger charge is 2.09. The van der Waals surface area contributed by atoms with E-state index in [1.165, 1.54) is 0 Å². The predicted octanol–water partition coefficient (Wildman–Crippen LogP) is 1.75. The molecule has 0 saturated heterocycles. The van der Waals surface area contributed by atoms with Gasteiger partial charge in [-0.25, -0.2) is 4.79 Å². The lowest BCUT2D eigenvalue weighted by Crippen LogP contribution is -2.24. The van der Waals surface area contributed by atoms with Crippen LogP contribution in [0.2, 0.25) is 0 Å². The average molecular weight is 305 g/mol. The number of thiocarbonyl (C=S) groups is 1. The lowest BCUT2D eigenvalue weighted by Gasteiger charge is -2.10. The second-order valence-electron chi connectivity index (χ2n) is 4.80. The van der Waals surface area contributed by atoms with Gasteiger partial charge in [0.2, 0.25) is 0 Å². The molecule has 0 unspecified atom stereocenters. The van der Waals surface area contributed by atoms with Gasteiger partial charge in [0, 0.05) is 18.9 Å². The van der Waals surface area contributed by atoms with E-state index in [0.29, 0.717) is 17.9 Å². The van der Waals surface area contributed by atoms with Crippen LogP contribution in [0.15, 0.2) is 35.4 Å². The number of ether oxygens (including phenoxy) is 1. The molecule has 0 amide bonds. The Morgan fingerprint density at radius 1 is 1.33 bits per heavy atom. The summed E-state index contributed by atoms with van der Waals surface area (Å²) in [6.45, 7) is 3.25. The molecule has 0 radical (unpaired) electrons. The molecule has 1 aromatic heterocycles. The van der Waals surface area contributed by atoms with Crippen molar-refractivity contribution in [1.82, 2.24) is 9.13 Å². The van der Waals surface area contributed by atoms with Gasteiger partial charge in [-0.3, -0.25) is 9.13 Å². The standard InChI is InChI=1S/C15H19N3O2S/c1-3-6-17-7-8-18(15(17)19)10-11-4-5-13(20-2)12(9-11)14(16)21/h4-5,7-9H,3,6,10H2,1-2H3,(H2,16,21).